The van der Waals surface area contributed by atoms with E-state index in [1.165, 1.54) is 4.88 Å². The summed E-state index contributed by atoms with van der Waals surface area (Å²) in [7, 11) is 0. The van der Waals surface area contributed by atoms with Crippen LogP contribution in [-0.2, 0) is 6.42 Å². The zero-order chi connectivity index (χ0) is 13.0. The highest BCUT2D eigenvalue weighted by molar-refractivity contribution is 9.10. The molecule has 0 N–H and O–H groups in total. The second-order valence-corrected chi connectivity index (χ2v) is 6.80. The first-order valence-electron chi connectivity index (χ1n) is 5.70. The Hall–Kier alpha value is -0.580. The average molecular weight is 341 g/mol. The van der Waals surface area contributed by atoms with Crippen molar-refractivity contribution in [3.63, 3.8) is 0 Å². The SMILES string of the molecule is CCc1ccc(C(=O)CSc2ccccc2Br)s1. The van der Waals surface area contributed by atoms with Gasteiger partial charge < -0.3 is 0 Å². The van der Waals surface area contributed by atoms with E-state index in [-0.39, 0.29) is 5.78 Å². The Morgan fingerprint density at radius 3 is 2.72 bits per heavy atom. The van der Waals surface area contributed by atoms with Gasteiger partial charge in [0, 0.05) is 14.2 Å². The van der Waals surface area contributed by atoms with Crippen molar-refractivity contribution in [2.24, 2.45) is 0 Å². The molecule has 94 valence electrons. The van der Waals surface area contributed by atoms with Gasteiger partial charge in [0.15, 0.2) is 5.78 Å². The van der Waals surface area contributed by atoms with Crippen molar-refractivity contribution in [1.29, 1.82) is 0 Å². The molecule has 0 bridgehead atoms. The lowest BCUT2D eigenvalue weighted by Crippen LogP contribution is -1.99. The number of aryl methyl sites for hydroxylation is 1. The Bertz CT molecular complexity index is 548. The maximum absolute atomic E-state index is 12.0. The summed E-state index contributed by atoms with van der Waals surface area (Å²) < 4.78 is 1.04. The van der Waals surface area contributed by atoms with E-state index in [4.69, 9.17) is 0 Å². The van der Waals surface area contributed by atoms with Crippen molar-refractivity contribution in [3.05, 3.63) is 50.6 Å². The molecule has 18 heavy (non-hydrogen) atoms. The molecule has 0 aliphatic rings. The average Bonchev–Trinajstić information content (AvgIpc) is 2.86. The van der Waals surface area contributed by atoms with Crippen LogP contribution in [0.1, 0.15) is 21.5 Å². The van der Waals surface area contributed by atoms with E-state index in [1.54, 1.807) is 23.1 Å². The van der Waals surface area contributed by atoms with Crippen molar-refractivity contribution in [1.82, 2.24) is 0 Å². The number of halogens is 1. The second kappa shape index (κ2) is 6.55. The van der Waals surface area contributed by atoms with Crippen LogP contribution in [0.25, 0.3) is 0 Å². The lowest BCUT2D eigenvalue weighted by atomic mass is 10.3. The summed E-state index contributed by atoms with van der Waals surface area (Å²) in [6.07, 6.45) is 0.995. The van der Waals surface area contributed by atoms with E-state index in [1.807, 2.05) is 36.4 Å². The molecule has 0 saturated carbocycles. The first-order chi connectivity index (χ1) is 8.70. The number of ketones is 1. The number of benzene rings is 1. The first kappa shape index (κ1) is 13.8. The summed E-state index contributed by atoms with van der Waals surface area (Å²) in [4.78, 5) is 15.3. The second-order valence-electron chi connectivity index (χ2n) is 3.76. The normalized spacial score (nSPS) is 10.6. The molecular weight excluding hydrogens is 328 g/mol. The van der Waals surface area contributed by atoms with Crippen LogP contribution in [0, 0.1) is 0 Å². The molecule has 0 aliphatic carbocycles. The maximum atomic E-state index is 12.0. The van der Waals surface area contributed by atoms with Crippen molar-refractivity contribution in [2.75, 3.05) is 5.75 Å². The summed E-state index contributed by atoms with van der Waals surface area (Å²) in [5.74, 6) is 0.701. The van der Waals surface area contributed by atoms with Crippen LogP contribution in [0.15, 0.2) is 45.8 Å². The highest BCUT2D eigenvalue weighted by Gasteiger charge is 2.10. The van der Waals surface area contributed by atoms with Gasteiger partial charge in [-0.2, -0.15) is 0 Å². The van der Waals surface area contributed by atoms with E-state index in [2.05, 4.69) is 22.9 Å². The number of thiophene rings is 1. The fourth-order valence-corrected chi connectivity index (χ4v) is 3.92. The number of carbonyl (C=O) groups is 1. The van der Waals surface area contributed by atoms with Crippen LogP contribution >= 0.6 is 39.0 Å². The van der Waals surface area contributed by atoms with Crippen LogP contribution in [0.3, 0.4) is 0 Å². The predicted octanol–water partition coefficient (Wildman–Crippen LogP) is 5.05. The zero-order valence-corrected chi connectivity index (χ0v) is 13.2. The monoisotopic (exact) mass is 340 g/mol. The highest BCUT2D eigenvalue weighted by Crippen LogP contribution is 2.28. The molecule has 1 aromatic carbocycles. The molecule has 0 spiro atoms. The smallest absolute Gasteiger partial charge is 0.182 e. The minimum Gasteiger partial charge on any atom is -0.292 e. The van der Waals surface area contributed by atoms with Crippen LogP contribution in [-0.4, -0.2) is 11.5 Å². The Morgan fingerprint density at radius 2 is 2.06 bits per heavy atom. The van der Waals surface area contributed by atoms with Crippen LogP contribution < -0.4 is 0 Å². The molecule has 0 atom stereocenters. The van der Waals surface area contributed by atoms with Gasteiger partial charge in [-0.25, -0.2) is 0 Å². The van der Waals surface area contributed by atoms with E-state index >= 15 is 0 Å². The summed E-state index contributed by atoms with van der Waals surface area (Å²) in [6, 6.07) is 12.0. The van der Waals surface area contributed by atoms with Gasteiger partial charge in [0.05, 0.1) is 10.6 Å². The maximum Gasteiger partial charge on any atom is 0.182 e. The molecule has 0 amide bonds. The molecule has 1 heterocycles. The van der Waals surface area contributed by atoms with Crippen molar-refractivity contribution in [2.45, 2.75) is 18.2 Å². The molecule has 0 saturated heterocycles. The summed E-state index contributed by atoms with van der Waals surface area (Å²) >= 11 is 6.67. The van der Waals surface area contributed by atoms with Crippen LogP contribution in [0.2, 0.25) is 0 Å². The van der Waals surface area contributed by atoms with Gasteiger partial charge >= 0.3 is 0 Å². The number of Topliss-reactive ketones (excluding diaryl/α,β-unsaturated/α-hetero) is 1. The van der Waals surface area contributed by atoms with Gasteiger partial charge in [-0.3, -0.25) is 4.79 Å². The molecule has 4 heteroatoms. The number of thioether (sulfide) groups is 1. The van der Waals surface area contributed by atoms with E-state index in [9.17, 15) is 4.79 Å². The molecule has 1 aromatic heterocycles. The number of hydrogen-bond acceptors (Lipinski definition) is 3. The Morgan fingerprint density at radius 1 is 1.28 bits per heavy atom. The molecule has 2 aromatic rings. The fourth-order valence-electron chi connectivity index (χ4n) is 1.49. The molecule has 0 aliphatic heterocycles. The zero-order valence-electron chi connectivity index (χ0n) is 9.98. The molecular formula is C14H13BrOS2. The Kier molecular flexibility index (Phi) is 5.03. The molecule has 0 unspecified atom stereocenters. The van der Waals surface area contributed by atoms with Crippen LogP contribution in [0.4, 0.5) is 0 Å². The van der Waals surface area contributed by atoms with Gasteiger partial charge in [0.1, 0.15) is 0 Å². The number of rotatable bonds is 5. The molecule has 1 nitrogen and oxygen atoms in total. The Balaban J connectivity index is 1.98. The van der Waals surface area contributed by atoms with Gasteiger partial charge in [0.25, 0.3) is 0 Å². The summed E-state index contributed by atoms with van der Waals surface area (Å²) in [5, 5.41) is 0. The molecule has 0 fully saturated rings. The van der Waals surface area contributed by atoms with E-state index < -0.39 is 0 Å². The topological polar surface area (TPSA) is 17.1 Å². The van der Waals surface area contributed by atoms with Crippen LogP contribution in [0.5, 0.6) is 0 Å². The van der Waals surface area contributed by atoms with Crippen molar-refractivity contribution in [3.8, 4) is 0 Å². The summed E-state index contributed by atoms with van der Waals surface area (Å²) in [5.41, 5.74) is 0. The van der Waals surface area contributed by atoms with E-state index in [0.29, 0.717) is 5.75 Å². The predicted molar refractivity (Wildman–Crippen MR) is 82.9 cm³/mol. The van der Waals surface area contributed by atoms with Gasteiger partial charge in [-0.1, -0.05) is 19.1 Å². The quantitative estimate of drug-likeness (QED) is 0.559. The number of carbonyl (C=O) groups excluding carboxylic acids is 1. The van der Waals surface area contributed by atoms with Crippen molar-refractivity contribution >= 4 is 44.8 Å². The third-order valence-electron chi connectivity index (χ3n) is 2.48. The molecule has 0 radical (unpaired) electrons. The highest BCUT2D eigenvalue weighted by atomic mass is 79.9. The van der Waals surface area contributed by atoms with Gasteiger partial charge in [-0.15, -0.1) is 23.1 Å². The lowest BCUT2D eigenvalue weighted by molar-refractivity contribution is 0.102. The largest absolute Gasteiger partial charge is 0.292 e. The third kappa shape index (κ3) is 3.46. The fraction of sp³-hybridized carbons (Fsp3) is 0.214. The minimum atomic E-state index is 0.209. The van der Waals surface area contributed by atoms with E-state index in [0.717, 1.165) is 20.7 Å². The Labute approximate surface area is 124 Å². The third-order valence-corrected chi connectivity index (χ3v) is 5.78. The van der Waals surface area contributed by atoms with Gasteiger partial charge in [0.2, 0.25) is 0 Å². The molecule has 2 rings (SSSR count). The standard InChI is InChI=1S/C14H13BrOS2/c1-2-10-7-8-14(18-10)12(16)9-17-13-6-4-3-5-11(13)15/h3-8H,2,9H2,1H3. The lowest BCUT2D eigenvalue weighted by Gasteiger charge is -2.02. The number of hydrogen-bond donors (Lipinski definition) is 0. The summed E-state index contributed by atoms with van der Waals surface area (Å²) in [6.45, 7) is 2.11. The van der Waals surface area contributed by atoms with Gasteiger partial charge in [-0.05, 0) is 46.6 Å². The van der Waals surface area contributed by atoms with Crippen molar-refractivity contribution < 1.29 is 4.79 Å². The first-order valence-corrected chi connectivity index (χ1v) is 8.29. The minimum absolute atomic E-state index is 0.209.